The van der Waals surface area contributed by atoms with Crippen molar-refractivity contribution in [1.82, 2.24) is 5.32 Å². The quantitative estimate of drug-likeness (QED) is 0.674. The highest BCUT2D eigenvalue weighted by Crippen LogP contribution is 2.50. The van der Waals surface area contributed by atoms with Crippen LogP contribution in [0.25, 0.3) is 0 Å². The first-order valence-electron chi connectivity index (χ1n) is 8.27. The summed E-state index contributed by atoms with van der Waals surface area (Å²) in [5.41, 5.74) is -0.316. The van der Waals surface area contributed by atoms with Crippen LogP contribution in [0.1, 0.15) is 46.2 Å². The molecule has 0 spiro atoms. The van der Waals surface area contributed by atoms with E-state index < -0.39 is 31.5 Å². The Balaban J connectivity index is 3.02. The van der Waals surface area contributed by atoms with Gasteiger partial charge in [-0.25, -0.2) is 14.2 Å². The lowest BCUT2D eigenvalue weighted by molar-refractivity contribution is -0.139. The second-order valence-corrected chi connectivity index (χ2v) is 7.78. The van der Waals surface area contributed by atoms with Gasteiger partial charge >= 0.3 is 19.9 Å². The Morgan fingerprint density at radius 1 is 1.08 bits per heavy atom. The Bertz CT molecular complexity index is 632. The summed E-state index contributed by atoms with van der Waals surface area (Å²) in [6, 6.07) is 7.14. The van der Waals surface area contributed by atoms with E-state index in [1.807, 2.05) is 0 Å². The molecule has 0 radical (unpaired) electrons. The normalized spacial score (nSPS) is 13.0. The Morgan fingerprint density at radius 3 is 2.08 bits per heavy atom. The lowest BCUT2D eigenvalue weighted by atomic mass is 10.1. The lowest BCUT2D eigenvalue weighted by Crippen LogP contribution is -2.38. The SMILES string of the molecule is CCOP(=O)(OCC)OC(=O)C(NC(=O)OC(C)(C)C)c1ccccc1. The molecule has 0 aromatic heterocycles. The van der Waals surface area contributed by atoms with Crippen molar-refractivity contribution in [2.24, 2.45) is 0 Å². The number of benzene rings is 1. The van der Waals surface area contributed by atoms with E-state index in [1.54, 1.807) is 65.0 Å². The molecule has 0 aliphatic rings. The van der Waals surface area contributed by atoms with E-state index in [9.17, 15) is 14.2 Å². The molecule has 0 heterocycles. The van der Waals surface area contributed by atoms with Gasteiger partial charge in [-0.15, -0.1) is 0 Å². The van der Waals surface area contributed by atoms with E-state index in [-0.39, 0.29) is 13.2 Å². The molecule has 1 rings (SSSR count). The van der Waals surface area contributed by atoms with Crippen LogP contribution in [0.2, 0.25) is 0 Å². The number of hydrogen-bond donors (Lipinski definition) is 1. The molecular weight excluding hydrogens is 361 g/mol. The number of carbonyl (C=O) groups is 2. The molecule has 0 saturated heterocycles. The van der Waals surface area contributed by atoms with Crippen LogP contribution in [0.15, 0.2) is 30.3 Å². The minimum absolute atomic E-state index is 0.0278. The summed E-state index contributed by atoms with van der Waals surface area (Å²) in [4.78, 5) is 24.7. The standard InChI is InChI=1S/C17H26NO7P/c1-6-22-26(21,23-7-2)25-15(19)14(13-11-9-8-10-12-13)18-16(20)24-17(3,4)5/h8-12,14H,6-7H2,1-5H3,(H,18,20). The third kappa shape index (κ3) is 7.56. The number of nitrogens with one attached hydrogen (secondary N) is 1. The fraction of sp³-hybridized carbons (Fsp3) is 0.529. The van der Waals surface area contributed by atoms with E-state index >= 15 is 0 Å². The topological polar surface area (TPSA) is 100 Å². The summed E-state index contributed by atoms with van der Waals surface area (Å²) >= 11 is 0. The molecule has 0 bridgehead atoms. The summed E-state index contributed by atoms with van der Waals surface area (Å²) < 4.78 is 32.5. The van der Waals surface area contributed by atoms with Crippen molar-refractivity contribution < 1.29 is 32.5 Å². The number of phosphoric ester groups is 1. The maximum absolute atomic E-state index is 12.6. The van der Waals surface area contributed by atoms with Gasteiger partial charge in [0, 0.05) is 0 Å². The molecule has 0 aliphatic carbocycles. The van der Waals surface area contributed by atoms with Crippen molar-refractivity contribution in [3.63, 3.8) is 0 Å². The fourth-order valence-corrected chi connectivity index (χ4v) is 3.06. The van der Waals surface area contributed by atoms with Crippen LogP contribution in [0, 0.1) is 0 Å². The van der Waals surface area contributed by atoms with E-state index in [0.29, 0.717) is 5.56 Å². The molecule has 1 aromatic rings. The average Bonchev–Trinajstić information content (AvgIpc) is 2.52. The number of rotatable bonds is 8. The highest BCUT2D eigenvalue weighted by atomic mass is 31.2. The van der Waals surface area contributed by atoms with Gasteiger partial charge in [-0.2, -0.15) is 0 Å². The molecular formula is C17H26NO7P. The molecule has 1 unspecified atom stereocenters. The molecule has 0 fully saturated rings. The number of alkyl carbamates (subject to hydrolysis) is 1. The number of ether oxygens (including phenoxy) is 1. The second-order valence-electron chi connectivity index (χ2n) is 6.18. The highest BCUT2D eigenvalue weighted by molar-refractivity contribution is 7.49. The van der Waals surface area contributed by atoms with E-state index in [2.05, 4.69) is 5.32 Å². The van der Waals surface area contributed by atoms with Crippen LogP contribution in [-0.4, -0.2) is 30.9 Å². The summed E-state index contributed by atoms with van der Waals surface area (Å²) in [5, 5.41) is 2.43. The predicted octanol–water partition coefficient (Wildman–Crippen LogP) is 3.98. The molecule has 1 atom stereocenters. The molecule has 1 amide bonds. The van der Waals surface area contributed by atoms with Crippen LogP contribution < -0.4 is 5.32 Å². The molecule has 0 saturated carbocycles. The van der Waals surface area contributed by atoms with Crippen LogP contribution in [-0.2, 0) is 27.7 Å². The number of carbonyl (C=O) groups excluding carboxylic acids is 2. The summed E-state index contributed by atoms with van der Waals surface area (Å²) in [5.74, 6) is -0.979. The van der Waals surface area contributed by atoms with Crippen molar-refractivity contribution in [3.8, 4) is 0 Å². The minimum atomic E-state index is -4.08. The van der Waals surface area contributed by atoms with E-state index in [1.165, 1.54) is 0 Å². The summed E-state index contributed by atoms with van der Waals surface area (Å²) in [6.45, 7) is 8.32. The van der Waals surface area contributed by atoms with Crippen LogP contribution in [0.3, 0.4) is 0 Å². The van der Waals surface area contributed by atoms with Gasteiger partial charge in [0.05, 0.1) is 13.2 Å². The monoisotopic (exact) mass is 387 g/mol. The van der Waals surface area contributed by atoms with Gasteiger partial charge in [0.2, 0.25) is 0 Å². The molecule has 1 aromatic carbocycles. The number of phosphoric acid groups is 1. The second kappa shape index (κ2) is 9.71. The maximum Gasteiger partial charge on any atom is 0.532 e. The zero-order valence-electron chi connectivity index (χ0n) is 15.7. The lowest BCUT2D eigenvalue weighted by Gasteiger charge is -2.24. The zero-order chi connectivity index (χ0) is 19.8. The molecule has 9 heteroatoms. The first-order chi connectivity index (χ1) is 12.1. The van der Waals surface area contributed by atoms with E-state index in [0.717, 1.165) is 0 Å². The minimum Gasteiger partial charge on any atom is -0.444 e. The third-order valence-corrected chi connectivity index (χ3v) is 4.36. The largest absolute Gasteiger partial charge is 0.532 e. The molecule has 26 heavy (non-hydrogen) atoms. The summed E-state index contributed by atoms with van der Waals surface area (Å²) in [6.07, 6.45) is -0.814. The smallest absolute Gasteiger partial charge is 0.444 e. The predicted molar refractivity (Wildman–Crippen MR) is 95.5 cm³/mol. The zero-order valence-corrected chi connectivity index (χ0v) is 16.6. The fourth-order valence-electron chi connectivity index (χ4n) is 1.92. The molecule has 0 aliphatic heterocycles. The average molecular weight is 387 g/mol. The van der Waals surface area contributed by atoms with Gasteiger partial charge in [0.1, 0.15) is 5.60 Å². The van der Waals surface area contributed by atoms with Gasteiger partial charge in [-0.05, 0) is 40.2 Å². The number of amides is 1. The summed E-state index contributed by atoms with van der Waals surface area (Å²) in [7, 11) is -4.08. The van der Waals surface area contributed by atoms with Gasteiger partial charge in [-0.1, -0.05) is 30.3 Å². The Labute approximate surface area is 153 Å². The van der Waals surface area contributed by atoms with Gasteiger partial charge in [0.25, 0.3) is 0 Å². The highest BCUT2D eigenvalue weighted by Gasteiger charge is 2.35. The first kappa shape index (κ1) is 22.2. The number of hydrogen-bond acceptors (Lipinski definition) is 7. The molecule has 1 N–H and O–H groups in total. The Kier molecular flexibility index (Phi) is 8.27. The van der Waals surface area contributed by atoms with Crippen LogP contribution >= 0.6 is 7.82 Å². The Morgan fingerprint density at radius 2 is 1.62 bits per heavy atom. The van der Waals surface area contributed by atoms with Crippen LogP contribution in [0.5, 0.6) is 0 Å². The Hall–Kier alpha value is -1.89. The third-order valence-electron chi connectivity index (χ3n) is 2.81. The van der Waals surface area contributed by atoms with Gasteiger partial charge < -0.3 is 14.6 Å². The van der Waals surface area contributed by atoms with Crippen LogP contribution in [0.4, 0.5) is 4.79 Å². The maximum atomic E-state index is 12.6. The van der Waals surface area contributed by atoms with Gasteiger partial charge in [0.15, 0.2) is 6.04 Å². The first-order valence-corrected chi connectivity index (χ1v) is 9.73. The van der Waals surface area contributed by atoms with E-state index in [4.69, 9.17) is 18.3 Å². The van der Waals surface area contributed by atoms with Crippen molar-refractivity contribution in [2.45, 2.75) is 46.3 Å². The van der Waals surface area contributed by atoms with Crippen molar-refractivity contribution in [1.29, 1.82) is 0 Å². The van der Waals surface area contributed by atoms with Crippen molar-refractivity contribution in [3.05, 3.63) is 35.9 Å². The molecule has 8 nitrogen and oxygen atoms in total. The van der Waals surface area contributed by atoms with Crippen molar-refractivity contribution >= 4 is 19.9 Å². The van der Waals surface area contributed by atoms with Crippen molar-refractivity contribution in [2.75, 3.05) is 13.2 Å². The molecule has 146 valence electrons. The van der Waals surface area contributed by atoms with Gasteiger partial charge in [-0.3, -0.25) is 9.05 Å².